The predicted octanol–water partition coefficient (Wildman–Crippen LogP) is 3.85. The maximum atomic E-state index is 10.5. The third-order valence-corrected chi connectivity index (χ3v) is 2.87. The Morgan fingerprint density at radius 1 is 1.19 bits per heavy atom. The highest BCUT2D eigenvalue weighted by Crippen LogP contribution is 2.31. The number of carbonyl (C=O) groups is 1. The SMILES string of the molecule is CC(C)=C1CCCC/C1=C\C(C)=C\C(=O)O. The lowest BCUT2D eigenvalue weighted by Crippen LogP contribution is -2.01. The van der Waals surface area contributed by atoms with E-state index in [-0.39, 0.29) is 0 Å². The monoisotopic (exact) mass is 220 g/mol. The van der Waals surface area contributed by atoms with Gasteiger partial charge in [-0.2, -0.15) is 0 Å². The number of rotatable bonds is 2. The van der Waals surface area contributed by atoms with Gasteiger partial charge >= 0.3 is 5.97 Å². The number of allylic oxidation sites excluding steroid dienone is 5. The van der Waals surface area contributed by atoms with Crippen molar-refractivity contribution < 1.29 is 9.90 Å². The number of hydrogen-bond donors (Lipinski definition) is 1. The van der Waals surface area contributed by atoms with Crippen LogP contribution in [0, 0.1) is 0 Å². The Labute approximate surface area is 97.4 Å². The van der Waals surface area contributed by atoms with Crippen LogP contribution in [0.4, 0.5) is 0 Å². The molecule has 0 saturated heterocycles. The standard InChI is InChI=1S/C14H20O2/c1-10(2)13-7-5-4-6-12(13)8-11(3)9-14(15)16/h8-9H,4-7H2,1-3H3,(H,15,16)/b11-9+,12-8+. The van der Waals surface area contributed by atoms with Gasteiger partial charge in [0.25, 0.3) is 0 Å². The third-order valence-electron chi connectivity index (χ3n) is 2.87. The van der Waals surface area contributed by atoms with Gasteiger partial charge in [0.2, 0.25) is 0 Å². The highest BCUT2D eigenvalue weighted by atomic mass is 16.4. The number of aliphatic carboxylic acids is 1. The van der Waals surface area contributed by atoms with E-state index >= 15 is 0 Å². The van der Waals surface area contributed by atoms with Gasteiger partial charge in [0.1, 0.15) is 0 Å². The van der Waals surface area contributed by atoms with Crippen LogP contribution in [0.15, 0.2) is 34.4 Å². The molecular formula is C14H20O2. The minimum absolute atomic E-state index is 0.822. The summed E-state index contributed by atoms with van der Waals surface area (Å²) < 4.78 is 0. The lowest BCUT2D eigenvalue weighted by Gasteiger charge is -2.20. The zero-order valence-electron chi connectivity index (χ0n) is 10.3. The average molecular weight is 220 g/mol. The molecule has 16 heavy (non-hydrogen) atoms. The Morgan fingerprint density at radius 2 is 1.81 bits per heavy atom. The smallest absolute Gasteiger partial charge is 0.328 e. The lowest BCUT2D eigenvalue weighted by molar-refractivity contribution is -0.131. The maximum absolute atomic E-state index is 10.5. The molecule has 0 aromatic carbocycles. The normalized spacial score (nSPS) is 20.1. The Balaban J connectivity index is 2.96. The van der Waals surface area contributed by atoms with E-state index in [9.17, 15) is 4.79 Å². The number of carboxylic acids is 1. The van der Waals surface area contributed by atoms with Crippen LogP contribution in [0.5, 0.6) is 0 Å². The van der Waals surface area contributed by atoms with Crippen molar-refractivity contribution in [1.82, 2.24) is 0 Å². The molecule has 1 N–H and O–H groups in total. The van der Waals surface area contributed by atoms with Crippen molar-refractivity contribution in [3.05, 3.63) is 34.4 Å². The van der Waals surface area contributed by atoms with Gasteiger partial charge < -0.3 is 5.11 Å². The highest BCUT2D eigenvalue weighted by Gasteiger charge is 2.12. The van der Waals surface area contributed by atoms with Gasteiger partial charge in [0, 0.05) is 6.08 Å². The molecule has 0 unspecified atom stereocenters. The molecule has 0 aromatic heterocycles. The summed E-state index contributed by atoms with van der Waals surface area (Å²) in [6.07, 6.45) is 7.96. The molecule has 0 aromatic rings. The van der Waals surface area contributed by atoms with Gasteiger partial charge in [0.15, 0.2) is 0 Å². The zero-order chi connectivity index (χ0) is 12.1. The van der Waals surface area contributed by atoms with Gasteiger partial charge in [-0.3, -0.25) is 0 Å². The summed E-state index contributed by atoms with van der Waals surface area (Å²) in [5.74, 6) is -0.871. The van der Waals surface area contributed by atoms with Crippen LogP contribution in [-0.2, 0) is 4.79 Å². The number of carboxylic acid groups (broad SMARTS) is 1. The van der Waals surface area contributed by atoms with Gasteiger partial charge in [-0.1, -0.05) is 11.6 Å². The molecule has 1 aliphatic rings. The Kier molecular flexibility index (Phi) is 4.53. The summed E-state index contributed by atoms with van der Waals surface area (Å²) >= 11 is 0. The topological polar surface area (TPSA) is 37.3 Å². The molecule has 1 fully saturated rings. The molecular weight excluding hydrogens is 200 g/mol. The van der Waals surface area contributed by atoms with E-state index < -0.39 is 5.97 Å². The average Bonchev–Trinajstić information content (AvgIpc) is 2.16. The Bertz CT molecular complexity index is 366. The van der Waals surface area contributed by atoms with Gasteiger partial charge in [-0.25, -0.2) is 4.79 Å². The third kappa shape index (κ3) is 3.69. The Morgan fingerprint density at radius 3 is 2.38 bits per heavy atom. The molecule has 0 heterocycles. The highest BCUT2D eigenvalue weighted by molar-refractivity contribution is 5.81. The summed E-state index contributed by atoms with van der Waals surface area (Å²) in [4.78, 5) is 10.5. The molecule has 0 radical (unpaired) electrons. The first-order valence-corrected chi connectivity index (χ1v) is 5.79. The second-order valence-corrected chi connectivity index (χ2v) is 4.58. The van der Waals surface area contributed by atoms with Crippen LogP contribution >= 0.6 is 0 Å². The lowest BCUT2D eigenvalue weighted by atomic mass is 9.86. The van der Waals surface area contributed by atoms with E-state index in [1.54, 1.807) is 0 Å². The summed E-state index contributed by atoms with van der Waals surface area (Å²) in [5.41, 5.74) is 4.92. The molecule has 2 heteroatoms. The van der Waals surface area contributed by atoms with Crippen LogP contribution in [-0.4, -0.2) is 11.1 Å². The quantitative estimate of drug-likeness (QED) is 0.717. The van der Waals surface area contributed by atoms with Crippen LogP contribution in [0.25, 0.3) is 0 Å². The molecule has 0 bridgehead atoms. The largest absolute Gasteiger partial charge is 0.478 e. The molecule has 0 amide bonds. The molecule has 0 spiro atoms. The van der Waals surface area contributed by atoms with E-state index in [0.29, 0.717) is 0 Å². The zero-order valence-corrected chi connectivity index (χ0v) is 10.3. The first kappa shape index (κ1) is 12.8. The van der Waals surface area contributed by atoms with Gasteiger partial charge in [-0.05, 0) is 63.2 Å². The van der Waals surface area contributed by atoms with Crippen molar-refractivity contribution in [2.24, 2.45) is 0 Å². The van der Waals surface area contributed by atoms with Crippen molar-refractivity contribution in [3.8, 4) is 0 Å². The van der Waals surface area contributed by atoms with E-state index in [4.69, 9.17) is 5.11 Å². The molecule has 1 aliphatic carbocycles. The molecule has 2 nitrogen and oxygen atoms in total. The van der Waals surface area contributed by atoms with Crippen molar-refractivity contribution >= 4 is 5.97 Å². The molecule has 1 saturated carbocycles. The molecule has 88 valence electrons. The number of hydrogen-bond acceptors (Lipinski definition) is 1. The summed E-state index contributed by atoms with van der Waals surface area (Å²) in [6.45, 7) is 6.10. The minimum atomic E-state index is -0.871. The van der Waals surface area contributed by atoms with Crippen LogP contribution < -0.4 is 0 Å². The van der Waals surface area contributed by atoms with Crippen molar-refractivity contribution in [3.63, 3.8) is 0 Å². The second kappa shape index (κ2) is 5.69. The van der Waals surface area contributed by atoms with Crippen molar-refractivity contribution in [2.75, 3.05) is 0 Å². The first-order valence-electron chi connectivity index (χ1n) is 5.79. The molecule has 0 atom stereocenters. The first-order chi connectivity index (χ1) is 7.50. The van der Waals surface area contributed by atoms with E-state index in [1.165, 1.54) is 35.6 Å². The summed E-state index contributed by atoms with van der Waals surface area (Å²) in [5, 5.41) is 8.67. The van der Waals surface area contributed by atoms with Gasteiger partial charge in [-0.15, -0.1) is 0 Å². The predicted molar refractivity (Wildman–Crippen MR) is 66.3 cm³/mol. The van der Waals surface area contributed by atoms with E-state index in [2.05, 4.69) is 13.8 Å². The fraction of sp³-hybridized carbons (Fsp3) is 0.500. The molecule has 0 aliphatic heterocycles. The van der Waals surface area contributed by atoms with Crippen LogP contribution in [0.3, 0.4) is 0 Å². The van der Waals surface area contributed by atoms with E-state index in [1.807, 2.05) is 13.0 Å². The Hall–Kier alpha value is -1.31. The summed E-state index contributed by atoms with van der Waals surface area (Å²) in [7, 11) is 0. The van der Waals surface area contributed by atoms with Crippen LogP contribution in [0.1, 0.15) is 46.5 Å². The fourth-order valence-corrected chi connectivity index (χ4v) is 2.17. The van der Waals surface area contributed by atoms with Gasteiger partial charge in [0.05, 0.1) is 0 Å². The second-order valence-electron chi connectivity index (χ2n) is 4.58. The van der Waals surface area contributed by atoms with Crippen molar-refractivity contribution in [1.29, 1.82) is 0 Å². The summed E-state index contributed by atoms with van der Waals surface area (Å²) in [6, 6.07) is 0. The molecule has 1 rings (SSSR count). The van der Waals surface area contributed by atoms with Crippen LogP contribution in [0.2, 0.25) is 0 Å². The fourth-order valence-electron chi connectivity index (χ4n) is 2.17. The minimum Gasteiger partial charge on any atom is -0.478 e. The van der Waals surface area contributed by atoms with Crippen molar-refractivity contribution in [2.45, 2.75) is 46.5 Å². The van der Waals surface area contributed by atoms with E-state index in [0.717, 1.165) is 18.4 Å². The maximum Gasteiger partial charge on any atom is 0.328 e.